The zero-order valence-corrected chi connectivity index (χ0v) is 14.1. The van der Waals surface area contributed by atoms with E-state index >= 15 is 0 Å². The number of nitrogens with one attached hydrogen (secondary N) is 3. The molecule has 0 unspecified atom stereocenters. The molecule has 0 fully saturated rings. The Hall–Kier alpha value is -3.22. The Labute approximate surface area is 151 Å². The number of hydrogen-bond acceptors (Lipinski definition) is 6. The lowest BCUT2D eigenvalue weighted by Gasteiger charge is -2.10. The second-order valence-corrected chi connectivity index (χ2v) is 6.61. The summed E-state index contributed by atoms with van der Waals surface area (Å²) in [6, 6.07) is 6.28. The van der Waals surface area contributed by atoms with Crippen LogP contribution in [0.15, 0.2) is 47.6 Å². The van der Waals surface area contributed by atoms with Crippen LogP contribution in [0, 0.1) is 0 Å². The highest BCUT2D eigenvalue weighted by Crippen LogP contribution is 2.16. The molecule has 13 heteroatoms. The predicted octanol–water partition coefficient (Wildman–Crippen LogP) is 0.894. The molecule has 0 aliphatic carbocycles. The van der Waals surface area contributed by atoms with Crippen molar-refractivity contribution < 1.29 is 31.2 Å². The zero-order chi connectivity index (χ0) is 20.1. The van der Waals surface area contributed by atoms with Crippen molar-refractivity contribution in [1.29, 1.82) is 0 Å². The van der Waals surface area contributed by atoms with E-state index in [0.717, 1.165) is 12.1 Å². The highest BCUT2D eigenvalue weighted by molar-refractivity contribution is 7.92. The van der Waals surface area contributed by atoms with Gasteiger partial charge in [-0.3, -0.25) is 9.59 Å². The van der Waals surface area contributed by atoms with E-state index in [4.69, 9.17) is 0 Å². The molecule has 144 valence electrons. The fraction of sp³-hybridized carbons (Fsp3) is 0.143. The minimum Gasteiger partial charge on any atom is -0.339 e. The number of nitrogens with zero attached hydrogens (tertiary/aromatic N) is 2. The van der Waals surface area contributed by atoms with Crippen molar-refractivity contribution in [3.63, 3.8) is 0 Å². The van der Waals surface area contributed by atoms with Crippen LogP contribution in [0.25, 0.3) is 0 Å². The van der Waals surface area contributed by atoms with Gasteiger partial charge < -0.3 is 10.6 Å². The van der Waals surface area contributed by atoms with E-state index in [1.165, 1.54) is 35.9 Å². The van der Waals surface area contributed by atoms with E-state index < -0.39 is 34.6 Å². The van der Waals surface area contributed by atoms with Crippen LogP contribution in [0.5, 0.6) is 0 Å². The summed E-state index contributed by atoms with van der Waals surface area (Å²) >= 11 is 0. The first kappa shape index (κ1) is 20.1. The average molecular weight is 403 g/mol. The molecule has 0 spiro atoms. The SMILES string of the molecule is O=C(CNC(=O)C(F)(F)F)Nc1ccc(S(=O)(=O)Nc2ncccn2)cc1. The van der Waals surface area contributed by atoms with Gasteiger partial charge in [-0.2, -0.15) is 13.2 Å². The van der Waals surface area contributed by atoms with Crippen molar-refractivity contribution in [2.75, 3.05) is 16.6 Å². The maximum Gasteiger partial charge on any atom is 0.471 e. The van der Waals surface area contributed by atoms with E-state index in [0.29, 0.717) is 0 Å². The number of anilines is 2. The third kappa shape index (κ3) is 5.91. The second-order valence-electron chi connectivity index (χ2n) is 4.93. The van der Waals surface area contributed by atoms with E-state index in [1.807, 2.05) is 0 Å². The Morgan fingerprint density at radius 2 is 1.63 bits per heavy atom. The zero-order valence-electron chi connectivity index (χ0n) is 13.3. The minimum absolute atomic E-state index is 0.121. The Morgan fingerprint density at radius 1 is 1.04 bits per heavy atom. The van der Waals surface area contributed by atoms with Gasteiger partial charge in [0, 0.05) is 18.1 Å². The molecule has 9 nitrogen and oxygen atoms in total. The topological polar surface area (TPSA) is 130 Å². The summed E-state index contributed by atoms with van der Waals surface area (Å²) in [6.45, 7) is -0.898. The van der Waals surface area contributed by atoms with Gasteiger partial charge in [-0.15, -0.1) is 0 Å². The first-order valence-electron chi connectivity index (χ1n) is 7.13. The summed E-state index contributed by atoms with van der Waals surface area (Å²) in [5.74, 6) is -3.29. The molecule has 1 aromatic carbocycles. The Bertz CT molecular complexity index is 918. The van der Waals surface area contributed by atoms with Crippen LogP contribution in [0.2, 0.25) is 0 Å². The number of hydrogen-bond donors (Lipinski definition) is 3. The molecule has 1 heterocycles. The molecular formula is C14H12F3N5O4S. The van der Waals surface area contributed by atoms with E-state index in [-0.39, 0.29) is 16.5 Å². The largest absolute Gasteiger partial charge is 0.471 e. The smallest absolute Gasteiger partial charge is 0.339 e. The minimum atomic E-state index is -5.09. The molecule has 27 heavy (non-hydrogen) atoms. The van der Waals surface area contributed by atoms with Crippen molar-refractivity contribution in [2.45, 2.75) is 11.1 Å². The average Bonchev–Trinajstić information content (AvgIpc) is 2.60. The first-order chi connectivity index (χ1) is 12.6. The number of halogens is 3. The summed E-state index contributed by atoms with van der Waals surface area (Å²) in [4.78, 5) is 29.4. The van der Waals surface area contributed by atoms with Crippen molar-refractivity contribution in [3.8, 4) is 0 Å². The molecule has 0 aliphatic heterocycles. The fourth-order valence-electron chi connectivity index (χ4n) is 1.71. The van der Waals surface area contributed by atoms with E-state index in [9.17, 15) is 31.2 Å². The van der Waals surface area contributed by atoms with Gasteiger partial charge in [0.2, 0.25) is 11.9 Å². The third-order valence-electron chi connectivity index (χ3n) is 2.91. The van der Waals surface area contributed by atoms with E-state index in [1.54, 1.807) is 0 Å². The van der Waals surface area contributed by atoms with Crippen LogP contribution in [-0.4, -0.2) is 42.9 Å². The normalized spacial score (nSPS) is 11.5. The quantitative estimate of drug-likeness (QED) is 0.657. The number of aromatic nitrogens is 2. The molecule has 0 atom stereocenters. The second kappa shape index (κ2) is 7.99. The van der Waals surface area contributed by atoms with Crippen LogP contribution in [0.4, 0.5) is 24.8 Å². The first-order valence-corrected chi connectivity index (χ1v) is 8.61. The van der Waals surface area contributed by atoms with Crippen LogP contribution in [0.3, 0.4) is 0 Å². The molecule has 2 rings (SSSR count). The van der Waals surface area contributed by atoms with Gasteiger partial charge in [-0.1, -0.05) is 0 Å². The van der Waals surface area contributed by atoms with Gasteiger partial charge in [0.15, 0.2) is 0 Å². The van der Waals surface area contributed by atoms with Gasteiger partial charge in [0.05, 0.1) is 11.4 Å². The van der Waals surface area contributed by atoms with Crippen LogP contribution in [-0.2, 0) is 19.6 Å². The molecule has 3 N–H and O–H groups in total. The molecule has 0 radical (unpaired) electrons. The Morgan fingerprint density at radius 3 is 2.19 bits per heavy atom. The van der Waals surface area contributed by atoms with Gasteiger partial charge in [0.25, 0.3) is 10.0 Å². The maximum atomic E-state index is 12.2. The number of carbonyl (C=O) groups is 2. The monoisotopic (exact) mass is 403 g/mol. The summed E-state index contributed by atoms with van der Waals surface area (Å²) in [5, 5.41) is 3.63. The molecule has 0 aliphatic rings. The predicted molar refractivity (Wildman–Crippen MR) is 87.0 cm³/mol. The highest BCUT2D eigenvalue weighted by Gasteiger charge is 2.38. The van der Waals surface area contributed by atoms with Gasteiger partial charge >= 0.3 is 12.1 Å². The van der Waals surface area contributed by atoms with Gasteiger partial charge in [-0.25, -0.2) is 23.1 Å². The molecule has 0 saturated carbocycles. The number of amides is 2. The lowest BCUT2D eigenvalue weighted by Crippen LogP contribution is -2.41. The maximum absolute atomic E-state index is 12.2. The van der Waals surface area contributed by atoms with Crippen molar-refractivity contribution >= 4 is 33.5 Å². The number of alkyl halides is 3. The summed E-state index contributed by atoms with van der Waals surface area (Å²) in [5.41, 5.74) is 0.121. The van der Waals surface area contributed by atoms with Crippen LogP contribution in [0.1, 0.15) is 0 Å². The highest BCUT2D eigenvalue weighted by atomic mass is 32.2. The molecule has 0 bridgehead atoms. The Kier molecular flexibility index (Phi) is 5.95. The van der Waals surface area contributed by atoms with Gasteiger partial charge in [-0.05, 0) is 30.3 Å². The molecule has 2 amide bonds. The molecule has 0 saturated heterocycles. The van der Waals surface area contributed by atoms with E-state index in [2.05, 4.69) is 20.0 Å². The van der Waals surface area contributed by atoms with Crippen molar-refractivity contribution in [2.24, 2.45) is 0 Å². The van der Waals surface area contributed by atoms with Crippen LogP contribution < -0.4 is 15.4 Å². The molecule has 1 aromatic heterocycles. The van der Waals surface area contributed by atoms with Crippen LogP contribution >= 0.6 is 0 Å². The number of sulfonamides is 1. The lowest BCUT2D eigenvalue weighted by atomic mass is 10.3. The molecular weight excluding hydrogens is 391 g/mol. The summed E-state index contributed by atoms with van der Waals surface area (Å²) in [6.07, 6.45) is -2.39. The number of benzene rings is 1. The third-order valence-corrected chi connectivity index (χ3v) is 4.25. The summed E-state index contributed by atoms with van der Waals surface area (Å²) in [7, 11) is -3.97. The molecule has 2 aromatic rings. The van der Waals surface area contributed by atoms with Gasteiger partial charge in [0.1, 0.15) is 0 Å². The van der Waals surface area contributed by atoms with Crippen molar-refractivity contribution in [1.82, 2.24) is 15.3 Å². The Balaban J connectivity index is 1.96. The number of carbonyl (C=O) groups excluding carboxylic acids is 2. The fourth-order valence-corrected chi connectivity index (χ4v) is 2.67. The standard InChI is InChI=1S/C14H12F3N5O4S/c15-14(16,17)12(24)20-8-11(23)21-9-2-4-10(5-3-9)27(25,26)22-13-18-6-1-7-19-13/h1-7H,8H2,(H,20,24)(H,21,23)(H,18,19,22). The van der Waals surface area contributed by atoms with Crippen molar-refractivity contribution in [3.05, 3.63) is 42.7 Å². The number of rotatable bonds is 6. The lowest BCUT2D eigenvalue weighted by molar-refractivity contribution is -0.173. The summed E-state index contributed by atoms with van der Waals surface area (Å²) < 4.78 is 62.6.